The monoisotopic (exact) mass is 336 g/mol. The summed E-state index contributed by atoms with van der Waals surface area (Å²) in [5, 5.41) is 6.69. The molecule has 0 saturated heterocycles. The molecule has 0 bridgehead atoms. The first-order valence-corrected chi connectivity index (χ1v) is 8.04. The normalized spacial score (nSPS) is 12.8. The summed E-state index contributed by atoms with van der Waals surface area (Å²) in [7, 11) is 0. The van der Waals surface area contributed by atoms with Crippen molar-refractivity contribution in [2.24, 2.45) is 5.10 Å². The predicted molar refractivity (Wildman–Crippen MR) is 91.0 cm³/mol. The van der Waals surface area contributed by atoms with Crippen molar-refractivity contribution in [3.05, 3.63) is 51.2 Å². The second-order valence-electron chi connectivity index (χ2n) is 4.82. The fraction of sp³-hybridized carbons (Fsp3) is 0.250. The zero-order valence-electron chi connectivity index (χ0n) is 12.6. The molecule has 0 spiro atoms. The first-order valence-electron chi connectivity index (χ1n) is 6.78. The zero-order valence-corrected chi connectivity index (χ0v) is 14.2. The van der Waals surface area contributed by atoms with Gasteiger partial charge in [0.25, 0.3) is 5.91 Å². The molecule has 4 nitrogen and oxygen atoms in total. The van der Waals surface area contributed by atoms with E-state index in [0.717, 1.165) is 16.2 Å². The number of nitrogens with one attached hydrogen (secondary N) is 1. The summed E-state index contributed by atoms with van der Waals surface area (Å²) in [6.07, 6.45) is -0.653. The average Bonchev–Trinajstić information content (AvgIpc) is 3.01. The van der Waals surface area contributed by atoms with Crippen molar-refractivity contribution >= 4 is 34.6 Å². The molecule has 1 amide bonds. The maximum absolute atomic E-state index is 12.0. The van der Waals surface area contributed by atoms with E-state index in [1.54, 1.807) is 36.5 Å². The minimum atomic E-state index is -0.653. The van der Waals surface area contributed by atoms with Crippen LogP contribution in [0, 0.1) is 6.92 Å². The highest BCUT2D eigenvalue weighted by molar-refractivity contribution is 7.12. The Morgan fingerprint density at radius 2 is 2.18 bits per heavy atom. The lowest BCUT2D eigenvalue weighted by atomic mass is 10.2. The van der Waals surface area contributed by atoms with Gasteiger partial charge >= 0.3 is 0 Å². The number of carbonyl (C=O) groups is 1. The number of halogens is 1. The lowest BCUT2D eigenvalue weighted by molar-refractivity contribution is -0.127. The highest BCUT2D eigenvalue weighted by Gasteiger charge is 2.15. The Labute approximate surface area is 138 Å². The van der Waals surface area contributed by atoms with E-state index in [1.807, 2.05) is 31.4 Å². The van der Waals surface area contributed by atoms with Crippen molar-refractivity contribution in [2.75, 3.05) is 0 Å². The number of carbonyl (C=O) groups excluding carboxylic acids is 1. The molecular formula is C16H17ClN2O2S. The Morgan fingerprint density at radius 1 is 1.41 bits per heavy atom. The lowest BCUT2D eigenvalue weighted by Crippen LogP contribution is -2.34. The van der Waals surface area contributed by atoms with E-state index in [1.165, 1.54) is 0 Å². The van der Waals surface area contributed by atoms with Gasteiger partial charge in [0.15, 0.2) is 6.10 Å². The standard InChI is InChI=1S/C16H17ClN2O2S/c1-10-9-13(17)6-7-14(10)21-12(3)16(20)19-18-11(2)15-5-4-8-22-15/h4-9,12H,1-3H3,(H,19,20). The van der Waals surface area contributed by atoms with E-state index in [9.17, 15) is 4.79 Å². The van der Waals surface area contributed by atoms with Gasteiger partial charge in [-0.25, -0.2) is 5.43 Å². The summed E-state index contributed by atoms with van der Waals surface area (Å²) in [6, 6.07) is 9.17. The summed E-state index contributed by atoms with van der Waals surface area (Å²) in [4.78, 5) is 13.0. The smallest absolute Gasteiger partial charge is 0.280 e. The van der Waals surface area contributed by atoms with Crippen LogP contribution in [-0.4, -0.2) is 17.7 Å². The Hall–Kier alpha value is -1.85. The van der Waals surface area contributed by atoms with E-state index in [4.69, 9.17) is 16.3 Å². The largest absolute Gasteiger partial charge is 0.481 e. The number of hydrogen-bond acceptors (Lipinski definition) is 4. The second kappa shape index (κ2) is 7.42. The van der Waals surface area contributed by atoms with Gasteiger partial charge in [-0.3, -0.25) is 4.79 Å². The Kier molecular flexibility index (Phi) is 5.57. The van der Waals surface area contributed by atoms with Gasteiger partial charge in [-0.15, -0.1) is 11.3 Å². The molecule has 2 rings (SSSR count). The number of hydrazone groups is 1. The third kappa shape index (κ3) is 4.32. The van der Waals surface area contributed by atoms with E-state index in [-0.39, 0.29) is 5.91 Å². The molecule has 0 aliphatic carbocycles. The number of rotatable bonds is 5. The molecule has 0 radical (unpaired) electrons. The fourth-order valence-corrected chi connectivity index (χ4v) is 2.66. The molecule has 0 aliphatic rings. The number of thiophene rings is 1. The number of aryl methyl sites for hydroxylation is 1. The van der Waals surface area contributed by atoms with Crippen LogP contribution >= 0.6 is 22.9 Å². The molecule has 22 heavy (non-hydrogen) atoms. The number of nitrogens with zero attached hydrogens (tertiary/aromatic N) is 1. The van der Waals surface area contributed by atoms with Crippen LogP contribution in [-0.2, 0) is 4.79 Å². The highest BCUT2D eigenvalue weighted by Crippen LogP contribution is 2.22. The molecule has 1 aromatic carbocycles. The van der Waals surface area contributed by atoms with Gasteiger partial charge in [-0.1, -0.05) is 17.7 Å². The summed E-state index contributed by atoms with van der Waals surface area (Å²) in [5.41, 5.74) is 4.17. The molecule has 1 N–H and O–H groups in total. The number of ether oxygens (including phenoxy) is 1. The van der Waals surface area contributed by atoms with Gasteiger partial charge in [-0.05, 0) is 56.0 Å². The van der Waals surface area contributed by atoms with Crippen molar-refractivity contribution in [1.29, 1.82) is 0 Å². The van der Waals surface area contributed by atoms with Crippen LogP contribution in [0.5, 0.6) is 5.75 Å². The summed E-state index contributed by atoms with van der Waals surface area (Å²) < 4.78 is 5.65. The van der Waals surface area contributed by atoms with Gasteiger partial charge in [-0.2, -0.15) is 5.10 Å². The molecule has 1 atom stereocenters. The van der Waals surface area contributed by atoms with E-state index >= 15 is 0 Å². The molecule has 1 unspecified atom stereocenters. The number of hydrogen-bond donors (Lipinski definition) is 1. The first-order chi connectivity index (χ1) is 10.5. The molecule has 0 aliphatic heterocycles. The van der Waals surface area contributed by atoms with Crippen LogP contribution < -0.4 is 10.2 Å². The fourth-order valence-electron chi connectivity index (χ4n) is 1.76. The maximum atomic E-state index is 12.0. The molecule has 116 valence electrons. The Bertz CT molecular complexity index is 683. The van der Waals surface area contributed by atoms with Crippen molar-refractivity contribution in [3.8, 4) is 5.75 Å². The second-order valence-corrected chi connectivity index (χ2v) is 6.20. The molecular weight excluding hydrogens is 320 g/mol. The minimum absolute atomic E-state index is 0.301. The summed E-state index contributed by atoms with van der Waals surface area (Å²) >= 11 is 7.47. The SMILES string of the molecule is CC(=NNC(=O)C(C)Oc1ccc(Cl)cc1C)c1cccs1. The van der Waals surface area contributed by atoms with Crippen molar-refractivity contribution in [1.82, 2.24) is 5.43 Å². The average molecular weight is 337 g/mol. The van der Waals surface area contributed by atoms with Gasteiger partial charge in [0.2, 0.25) is 0 Å². The van der Waals surface area contributed by atoms with E-state index in [2.05, 4.69) is 10.5 Å². The van der Waals surface area contributed by atoms with Crippen molar-refractivity contribution in [3.63, 3.8) is 0 Å². The number of amides is 1. The van der Waals surface area contributed by atoms with E-state index in [0.29, 0.717) is 10.8 Å². The third-order valence-corrected chi connectivity index (χ3v) is 4.24. The Balaban J connectivity index is 1.96. The molecule has 6 heteroatoms. The first kappa shape index (κ1) is 16.5. The third-order valence-electron chi connectivity index (χ3n) is 3.02. The van der Waals surface area contributed by atoms with Crippen LogP contribution in [0.1, 0.15) is 24.3 Å². The van der Waals surface area contributed by atoms with Crippen LogP contribution in [0.2, 0.25) is 5.02 Å². The van der Waals surface area contributed by atoms with Gasteiger partial charge in [0.1, 0.15) is 5.75 Å². The minimum Gasteiger partial charge on any atom is -0.481 e. The topological polar surface area (TPSA) is 50.7 Å². The summed E-state index contributed by atoms with van der Waals surface area (Å²) in [6.45, 7) is 5.41. The molecule has 2 aromatic rings. The van der Waals surface area contributed by atoms with Crippen molar-refractivity contribution in [2.45, 2.75) is 26.9 Å². The number of benzene rings is 1. The zero-order chi connectivity index (χ0) is 16.1. The van der Waals surface area contributed by atoms with Gasteiger partial charge in [0, 0.05) is 9.90 Å². The van der Waals surface area contributed by atoms with Gasteiger partial charge < -0.3 is 4.74 Å². The van der Waals surface area contributed by atoms with Crippen LogP contribution in [0.4, 0.5) is 0 Å². The van der Waals surface area contributed by atoms with E-state index < -0.39 is 6.10 Å². The molecule has 1 heterocycles. The highest BCUT2D eigenvalue weighted by atomic mass is 35.5. The molecule has 1 aromatic heterocycles. The van der Waals surface area contributed by atoms with Gasteiger partial charge in [0.05, 0.1) is 5.71 Å². The Morgan fingerprint density at radius 3 is 2.82 bits per heavy atom. The van der Waals surface area contributed by atoms with Crippen LogP contribution in [0.25, 0.3) is 0 Å². The molecule has 0 fully saturated rings. The van der Waals surface area contributed by atoms with Crippen molar-refractivity contribution < 1.29 is 9.53 Å². The van der Waals surface area contributed by atoms with Crippen LogP contribution in [0.3, 0.4) is 0 Å². The lowest BCUT2D eigenvalue weighted by Gasteiger charge is -2.15. The summed E-state index contributed by atoms with van der Waals surface area (Å²) in [5.74, 6) is 0.330. The maximum Gasteiger partial charge on any atom is 0.280 e. The predicted octanol–water partition coefficient (Wildman–Crippen LogP) is 4.02. The van der Waals surface area contributed by atoms with Crippen LogP contribution in [0.15, 0.2) is 40.8 Å². The molecule has 0 saturated carbocycles. The quantitative estimate of drug-likeness (QED) is 0.662.